The van der Waals surface area contributed by atoms with Gasteiger partial charge in [0.1, 0.15) is 17.0 Å². The molecule has 3 N–H and O–H groups in total. The molecule has 160 valence electrons. The van der Waals surface area contributed by atoms with E-state index in [1.54, 1.807) is 7.05 Å². The van der Waals surface area contributed by atoms with Crippen molar-refractivity contribution in [1.29, 1.82) is 0 Å². The van der Waals surface area contributed by atoms with E-state index in [-0.39, 0.29) is 17.9 Å². The first-order valence-electron chi connectivity index (χ1n) is 9.39. The van der Waals surface area contributed by atoms with Crippen LogP contribution in [0.2, 0.25) is 0 Å². The maximum Gasteiger partial charge on any atom is 0.224 e. The minimum Gasteiger partial charge on any atom is -0.356 e. The minimum atomic E-state index is -1.05. The van der Waals surface area contributed by atoms with Crippen LogP contribution in [0.15, 0.2) is 18.3 Å². The van der Waals surface area contributed by atoms with Gasteiger partial charge in [0.15, 0.2) is 17.3 Å². The van der Waals surface area contributed by atoms with Crippen LogP contribution >= 0.6 is 0 Å². The van der Waals surface area contributed by atoms with E-state index in [4.69, 9.17) is 0 Å². The molecule has 8 nitrogen and oxygen atoms in total. The average Bonchev–Trinajstić information content (AvgIpc) is 3.25. The highest BCUT2D eigenvalue weighted by Gasteiger charge is 2.16. The molecule has 0 saturated carbocycles. The Kier molecular flexibility index (Phi) is 6.38. The molecule has 0 spiro atoms. The number of fused-ring (bicyclic) bond motifs is 1. The Balaban J connectivity index is 0.000000367. The Morgan fingerprint density at radius 1 is 1.17 bits per heavy atom. The number of nitrogens with zero attached hydrogens (tertiary/aromatic N) is 4. The molecule has 4 rings (SSSR count). The molecule has 0 radical (unpaired) electrons. The lowest BCUT2D eigenvalue weighted by Gasteiger charge is -2.09. The van der Waals surface area contributed by atoms with E-state index in [9.17, 15) is 18.0 Å². The van der Waals surface area contributed by atoms with Crippen molar-refractivity contribution in [1.82, 2.24) is 24.8 Å². The summed E-state index contributed by atoms with van der Waals surface area (Å²) in [7, 11) is 1.64. The van der Waals surface area contributed by atoms with Gasteiger partial charge in [0.25, 0.3) is 0 Å². The van der Waals surface area contributed by atoms with Crippen molar-refractivity contribution < 1.29 is 18.0 Å². The second-order valence-corrected chi connectivity index (χ2v) is 7.02. The zero-order valence-electron chi connectivity index (χ0n) is 16.8. The number of carbonyl (C=O) groups excluding carboxylic acids is 1. The quantitative estimate of drug-likeness (QED) is 0.599. The van der Waals surface area contributed by atoms with Crippen LogP contribution in [0.3, 0.4) is 0 Å². The Hall–Kier alpha value is -3.37. The summed E-state index contributed by atoms with van der Waals surface area (Å²) < 4.78 is 42.1. The normalized spacial score (nSPS) is 13.2. The van der Waals surface area contributed by atoms with E-state index < -0.39 is 23.1 Å². The summed E-state index contributed by atoms with van der Waals surface area (Å²) in [5.74, 6) is -2.30. The molecule has 0 atom stereocenters. The first kappa shape index (κ1) is 21.3. The van der Waals surface area contributed by atoms with Crippen molar-refractivity contribution in [3.63, 3.8) is 0 Å². The molecule has 1 aromatic carbocycles. The van der Waals surface area contributed by atoms with Gasteiger partial charge in [-0.15, -0.1) is 0 Å². The van der Waals surface area contributed by atoms with Gasteiger partial charge in [-0.05, 0) is 20.3 Å². The molecule has 30 heavy (non-hydrogen) atoms. The van der Waals surface area contributed by atoms with Crippen molar-refractivity contribution in [2.75, 3.05) is 17.2 Å². The monoisotopic (exact) mass is 421 g/mol. The number of benzene rings is 1. The highest BCUT2D eigenvalue weighted by molar-refractivity contribution is 5.77. The van der Waals surface area contributed by atoms with Crippen molar-refractivity contribution in [2.24, 2.45) is 7.05 Å². The molecule has 1 aliphatic rings. The molecule has 3 aromatic rings. The molecule has 3 heterocycles. The third kappa shape index (κ3) is 4.97. The third-order valence-corrected chi connectivity index (χ3v) is 4.18. The smallest absolute Gasteiger partial charge is 0.224 e. The molecular weight excluding hydrogens is 399 g/mol. The Morgan fingerprint density at radius 3 is 2.40 bits per heavy atom. The highest BCUT2D eigenvalue weighted by Crippen LogP contribution is 2.25. The van der Waals surface area contributed by atoms with Crippen molar-refractivity contribution in [2.45, 2.75) is 32.7 Å². The van der Waals surface area contributed by atoms with Crippen LogP contribution in [0, 0.1) is 17.5 Å². The zero-order valence-corrected chi connectivity index (χ0v) is 16.8. The zero-order chi connectivity index (χ0) is 21.8. The van der Waals surface area contributed by atoms with Gasteiger partial charge in [-0.3, -0.25) is 9.36 Å². The average molecular weight is 421 g/mol. The SMILES string of the molecule is CC(C)Nc1ncc2nc(Nc3c(F)cc(F)cc3F)n(C)c2n1.O=C1CCCN1. The molecule has 2 aromatic heterocycles. The largest absolute Gasteiger partial charge is 0.356 e. The van der Waals surface area contributed by atoms with Gasteiger partial charge in [0.2, 0.25) is 17.8 Å². The fraction of sp³-hybridized carbons (Fsp3) is 0.368. The van der Waals surface area contributed by atoms with Gasteiger partial charge in [-0.2, -0.15) is 4.98 Å². The van der Waals surface area contributed by atoms with Gasteiger partial charge in [-0.25, -0.2) is 23.1 Å². The number of rotatable bonds is 4. The minimum absolute atomic E-state index is 0.149. The maximum atomic E-state index is 13.8. The molecular formula is C19H22F3N7O. The lowest BCUT2D eigenvalue weighted by atomic mass is 10.3. The summed E-state index contributed by atoms with van der Waals surface area (Å²) in [6.07, 6.45) is 3.27. The van der Waals surface area contributed by atoms with E-state index >= 15 is 0 Å². The predicted octanol–water partition coefficient (Wildman–Crippen LogP) is 3.24. The number of halogens is 3. The van der Waals surface area contributed by atoms with Gasteiger partial charge < -0.3 is 16.0 Å². The summed E-state index contributed by atoms with van der Waals surface area (Å²) >= 11 is 0. The van der Waals surface area contributed by atoms with Crippen LogP contribution in [-0.4, -0.2) is 38.0 Å². The number of aryl methyl sites for hydroxylation is 1. The fourth-order valence-corrected chi connectivity index (χ4v) is 2.76. The summed E-state index contributed by atoms with van der Waals surface area (Å²) in [5.41, 5.74) is 0.458. The molecule has 0 unspecified atom stereocenters. The third-order valence-electron chi connectivity index (χ3n) is 4.18. The Labute approximate surface area is 170 Å². The van der Waals surface area contributed by atoms with Crippen LogP contribution in [0.1, 0.15) is 26.7 Å². The second kappa shape index (κ2) is 8.97. The highest BCUT2D eigenvalue weighted by atomic mass is 19.1. The van der Waals surface area contributed by atoms with Crippen molar-refractivity contribution >= 4 is 34.7 Å². The number of carbonyl (C=O) groups is 1. The van der Waals surface area contributed by atoms with E-state index in [1.807, 2.05) is 13.8 Å². The molecule has 0 bridgehead atoms. The first-order valence-corrected chi connectivity index (χ1v) is 9.39. The maximum absolute atomic E-state index is 13.8. The van der Waals surface area contributed by atoms with Gasteiger partial charge in [-0.1, -0.05) is 0 Å². The van der Waals surface area contributed by atoms with E-state index in [1.165, 1.54) is 10.8 Å². The van der Waals surface area contributed by atoms with Crippen LogP contribution in [0.25, 0.3) is 11.2 Å². The van der Waals surface area contributed by atoms with Gasteiger partial charge in [0.05, 0.1) is 6.20 Å². The second-order valence-electron chi connectivity index (χ2n) is 7.02. The van der Waals surface area contributed by atoms with Crippen LogP contribution in [-0.2, 0) is 11.8 Å². The molecule has 0 aliphatic carbocycles. The van der Waals surface area contributed by atoms with Gasteiger partial charge in [0, 0.05) is 38.2 Å². The summed E-state index contributed by atoms with van der Waals surface area (Å²) in [6, 6.07) is 1.34. The number of nitrogens with one attached hydrogen (secondary N) is 3. The summed E-state index contributed by atoms with van der Waals surface area (Å²) in [6.45, 7) is 4.78. The Bertz CT molecular complexity index is 1040. The number of anilines is 3. The molecule has 11 heteroatoms. The van der Waals surface area contributed by atoms with E-state index in [0.717, 1.165) is 19.4 Å². The lowest BCUT2D eigenvalue weighted by Crippen LogP contribution is -2.12. The van der Waals surface area contributed by atoms with Crippen LogP contribution < -0.4 is 16.0 Å². The molecule has 1 aliphatic heterocycles. The number of amides is 1. The molecule has 1 amide bonds. The van der Waals surface area contributed by atoms with E-state index in [0.29, 0.717) is 29.2 Å². The number of aromatic nitrogens is 4. The fourth-order valence-electron chi connectivity index (χ4n) is 2.76. The standard InChI is InChI=1S/C15H15F3N6.C4H7NO/c1-7(2)20-14-19-6-11-13(23-14)24(3)15(21-11)22-12-9(17)4-8(16)5-10(12)18;6-4-2-1-3-5-4/h4-7H,1-3H3,(H,21,22)(H,19,20,23);1-3H2,(H,5,6). The number of imidazole rings is 1. The molecule has 1 saturated heterocycles. The number of hydrogen-bond donors (Lipinski definition) is 3. The first-order chi connectivity index (χ1) is 14.2. The topological polar surface area (TPSA) is 96.8 Å². The predicted molar refractivity (Wildman–Crippen MR) is 107 cm³/mol. The van der Waals surface area contributed by atoms with Crippen LogP contribution in [0.5, 0.6) is 0 Å². The van der Waals surface area contributed by atoms with E-state index in [2.05, 4.69) is 30.9 Å². The molecule has 1 fully saturated rings. The van der Waals surface area contributed by atoms with Gasteiger partial charge >= 0.3 is 0 Å². The summed E-state index contributed by atoms with van der Waals surface area (Å²) in [5, 5.41) is 8.28. The number of hydrogen-bond acceptors (Lipinski definition) is 6. The lowest BCUT2D eigenvalue weighted by molar-refractivity contribution is -0.119. The summed E-state index contributed by atoms with van der Waals surface area (Å²) in [4.78, 5) is 22.8. The Morgan fingerprint density at radius 2 is 1.87 bits per heavy atom. The van der Waals surface area contributed by atoms with Crippen LogP contribution in [0.4, 0.5) is 30.8 Å². The van der Waals surface area contributed by atoms with Crippen molar-refractivity contribution in [3.8, 4) is 0 Å². The van der Waals surface area contributed by atoms with Crippen molar-refractivity contribution in [3.05, 3.63) is 35.8 Å².